The lowest BCUT2D eigenvalue weighted by Gasteiger charge is -2.33. The molecule has 3 heteroatoms. The molecule has 2 aliphatic rings. The Balaban J connectivity index is 1.61. The van der Waals surface area contributed by atoms with Crippen LogP contribution < -0.4 is 5.32 Å². The van der Waals surface area contributed by atoms with Crippen molar-refractivity contribution >= 4 is 0 Å². The van der Waals surface area contributed by atoms with E-state index in [-0.39, 0.29) is 0 Å². The average Bonchev–Trinajstić information content (AvgIpc) is 2.39. The molecule has 1 saturated heterocycles. The zero-order valence-corrected chi connectivity index (χ0v) is 11.1. The fraction of sp³-hybridized carbons (Fsp3) is 1.00. The molecular formula is C14H27NO2. The highest BCUT2D eigenvalue weighted by Crippen LogP contribution is 2.24. The molecule has 0 bridgehead atoms. The van der Waals surface area contributed by atoms with Gasteiger partial charge >= 0.3 is 0 Å². The summed E-state index contributed by atoms with van der Waals surface area (Å²) in [6.07, 6.45) is 9.43. The van der Waals surface area contributed by atoms with Crippen molar-refractivity contribution in [3.63, 3.8) is 0 Å². The molecule has 2 rings (SSSR count). The second kappa shape index (κ2) is 7.34. The summed E-state index contributed by atoms with van der Waals surface area (Å²) in [4.78, 5) is 0. The summed E-state index contributed by atoms with van der Waals surface area (Å²) < 4.78 is 11.6. The van der Waals surface area contributed by atoms with E-state index in [2.05, 4.69) is 12.2 Å². The highest BCUT2D eigenvalue weighted by atomic mass is 16.5. The minimum Gasteiger partial charge on any atom is -0.379 e. The van der Waals surface area contributed by atoms with Gasteiger partial charge in [-0.2, -0.15) is 0 Å². The maximum Gasteiger partial charge on any atom is 0.0813 e. The second-order valence-electron chi connectivity index (χ2n) is 5.40. The van der Waals surface area contributed by atoms with Crippen LogP contribution in [0.2, 0.25) is 0 Å². The van der Waals surface area contributed by atoms with Crippen molar-refractivity contribution in [1.82, 2.24) is 5.32 Å². The Morgan fingerprint density at radius 3 is 2.59 bits per heavy atom. The third-order valence-electron chi connectivity index (χ3n) is 3.86. The number of hydrogen-bond acceptors (Lipinski definition) is 3. The Hall–Kier alpha value is -0.120. The number of ether oxygens (including phenoxy) is 2. The van der Waals surface area contributed by atoms with E-state index in [9.17, 15) is 0 Å². The molecule has 2 fully saturated rings. The molecule has 1 unspecified atom stereocenters. The van der Waals surface area contributed by atoms with Gasteiger partial charge in [0.15, 0.2) is 0 Å². The SMILES string of the molecule is CCCNC1CCC(OC2CCCOC2)CC1. The van der Waals surface area contributed by atoms with Crippen molar-refractivity contribution in [1.29, 1.82) is 0 Å². The summed E-state index contributed by atoms with van der Waals surface area (Å²) in [5.74, 6) is 0. The molecule has 1 saturated carbocycles. The van der Waals surface area contributed by atoms with Gasteiger partial charge in [-0.1, -0.05) is 6.92 Å². The van der Waals surface area contributed by atoms with E-state index in [0.717, 1.165) is 32.2 Å². The summed E-state index contributed by atoms with van der Waals surface area (Å²) in [5, 5.41) is 3.62. The topological polar surface area (TPSA) is 30.5 Å². The maximum atomic E-state index is 6.13. The van der Waals surface area contributed by atoms with Gasteiger partial charge in [0.25, 0.3) is 0 Å². The molecule has 0 amide bonds. The van der Waals surface area contributed by atoms with E-state index in [1.807, 2.05) is 0 Å². The summed E-state index contributed by atoms with van der Waals surface area (Å²) in [6, 6.07) is 0.734. The third-order valence-corrected chi connectivity index (χ3v) is 3.86. The predicted octanol–water partition coefficient (Wildman–Crippen LogP) is 2.49. The van der Waals surface area contributed by atoms with Crippen molar-refractivity contribution in [2.45, 2.75) is 70.1 Å². The van der Waals surface area contributed by atoms with Gasteiger partial charge in [0.05, 0.1) is 18.8 Å². The molecular weight excluding hydrogens is 214 g/mol. The van der Waals surface area contributed by atoms with Crippen molar-refractivity contribution in [2.75, 3.05) is 19.8 Å². The van der Waals surface area contributed by atoms with E-state index in [0.29, 0.717) is 12.2 Å². The first-order valence-corrected chi connectivity index (χ1v) is 7.35. The zero-order chi connectivity index (χ0) is 11.9. The van der Waals surface area contributed by atoms with E-state index in [4.69, 9.17) is 9.47 Å². The first kappa shape index (κ1) is 13.3. The van der Waals surface area contributed by atoms with Crippen LogP contribution in [0.15, 0.2) is 0 Å². The molecule has 1 atom stereocenters. The molecule has 0 aromatic carbocycles. The standard InChI is InChI=1S/C14H27NO2/c1-2-9-15-12-5-7-13(8-6-12)17-14-4-3-10-16-11-14/h12-15H,2-11H2,1H3. The second-order valence-corrected chi connectivity index (χ2v) is 5.40. The first-order chi connectivity index (χ1) is 8.38. The lowest BCUT2D eigenvalue weighted by atomic mass is 9.92. The predicted molar refractivity (Wildman–Crippen MR) is 69.3 cm³/mol. The van der Waals surface area contributed by atoms with Gasteiger partial charge in [-0.3, -0.25) is 0 Å². The van der Waals surface area contributed by atoms with Gasteiger partial charge in [0, 0.05) is 12.6 Å². The number of nitrogens with one attached hydrogen (secondary N) is 1. The largest absolute Gasteiger partial charge is 0.379 e. The molecule has 0 aromatic rings. The van der Waals surface area contributed by atoms with Gasteiger partial charge in [0.2, 0.25) is 0 Å². The number of rotatable bonds is 5. The van der Waals surface area contributed by atoms with E-state index in [1.165, 1.54) is 38.5 Å². The van der Waals surface area contributed by atoms with Crippen LogP contribution in [-0.2, 0) is 9.47 Å². The highest BCUT2D eigenvalue weighted by Gasteiger charge is 2.24. The Kier molecular flexibility index (Phi) is 5.75. The van der Waals surface area contributed by atoms with Gasteiger partial charge in [-0.25, -0.2) is 0 Å². The minimum atomic E-state index is 0.369. The van der Waals surface area contributed by atoms with Crippen molar-refractivity contribution in [2.24, 2.45) is 0 Å². The average molecular weight is 241 g/mol. The van der Waals surface area contributed by atoms with E-state index < -0.39 is 0 Å². The van der Waals surface area contributed by atoms with Crippen LogP contribution in [0.4, 0.5) is 0 Å². The molecule has 1 aliphatic carbocycles. The van der Waals surface area contributed by atoms with Gasteiger partial charge in [0.1, 0.15) is 0 Å². The Bertz CT molecular complexity index is 196. The zero-order valence-electron chi connectivity index (χ0n) is 11.1. The quantitative estimate of drug-likeness (QED) is 0.802. The Morgan fingerprint density at radius 2 is 1.94 bits per heavy atom. The molecule has 100 valence electrons. The Morgan fingerprint density at radius 1 is 1.12 bits per heavy atom. The summed E-state index contributed by atoms with van der Waals surface area (Å²) in [5.41, 5.74) is 0. The molecule has 0 aromatic heterocycles. The van der Waals surface area contributed by atoms with Crippen LogP contribution >= 0.6 is 0 Å². The van der Waals surface area contributed by atoms with Gasteiger partial charge in [-0.15, -0.1) is 0 Å². The normalized spacial score (nSPS) is 34.8. The van der Waals surface area contributed by atoms with Crippen LogP contribution in [0.25, 0.3) is 0 Å². The molecule has 3 nitrogen and oxygen atoms in total. The van der Waals surface area contributed by atoms with Crippen LogP contribution in [0.1, 0.15) is 51.9 Å². The van der Waals surface area contributed by atoms with Gasteiger partial charge in [-0.05, 0) is 51.5 Å². The Labute approximate surface area is 105 Å². The maximum absolute atomic E-state index is 6.13. The fourth-order valence-electron chi connectivity index (χ4n) is 2.84. The van der Waals surface area contributed by atoms with Crippen LogP contribution in [0.5, 0.6) is 0 Å². The van der Waals surface area contributed by atoms with Crippen molar-refractivity contribution in [3.05, 3.63) is 0 Å². The molecule has 0 spiro atoms. The molecule has 1 aliphatic heterocycles. The van der Waals surface area contributed by atoms with Crippen LogP contribution in [0.3, 0.4) is 0 Å². The molecule has 1 N–H and O–H groups in total. The van der Waals surface area contributed by atoms with E-state index >= 15 is 0 Å². The third kappa shape index (κ3) is 4.57. The van der Waals surface area contributed by atoms with Crippen LogP contribution in [-0.4, -0.2) is 38.0 Å². The highest BCUT2D eigenvalue weighted by molar-refractivity contribution is 4.78. The molecule has 0 radical (unpaired) electrons. The lowest BCUT2D eigenvalue weighted by molar-refractivity contribution is -0.0941. The smallest absolute Gasteiger partial charge is 0.0813 e. The van der Waals surface area contributed by atoms with Crippen molar-refractivity contribution in [3.8, 4) is 0 Å². The van der Waals surface area contributed by atoms with Gasteiger partial charge < -0.3 is 14.8 Å². The summed E-state index contributed by atoms with van der Waals surface area (Å²) in [7, 11) is 0. The number of hydrogen-bond donors (Lipinski definition) is 1. The monoisotopic (exact) mass is 241 g/mol. The summed E-state index contributed by atoms with van der Waals surface area (Å²) in [6.45, 7) is 5.12. The molecule has 17 heavy (non-hydrogen) atoms. The first-order valence-electron chi connectivity index (χ1n) is 7.35. The van der Waals surface area contributed by atoms with Crippen LogP contribution in [0, 0.1) is 0 Å². The van der Waals surface area contributed by atoms with Crippen molar-refractivity contribution < 1.29 is 9.47 Å². The van der Waals surface area contributed by atoms with E-state index in [1.54, 1.807) is 0 Å². The minimum absolute atomic E-state index is 0.369. The lowest BCUT2D eigenvalue weighted by Crippen LogP contribution is -2.38. The summed E-state index contributed by atoms with van der Waals surface area (Å²) >= 11 is 0. The molecule has 1 heterocycles. The fourth-order valence-corrected chi connectivity index (χ4v) is 2.84.